The number of aromatic nitrogens is 1. The van der Waals surface area contributed by atoms with Crippen LogP contribution in [-0.2, 0) is 4.74 Å². The number of nitrogens with two attached hydrogens (primary N) is 1. The van der Waals surface area contributed by atoms with Crippen LogP contribution >= 0.6 is 0 Å². The van der Waals surface area contributed by atoms with Crippen LogP contribution in [0.5, 0.6) is 0 Å². The molecule has 1 unspecified atom stereocenters. The minimum atomic E-state index is -0.234. The van der Waals surface area contributed by atoms with Crippen molar-refractivity contribution in [3.8, 4) is 0 Å². The molecule has 6 nitrogen and oxygen atoms in total. The molecule has 98 valence electrons. The topological polar surface area (TPSA) is 89.3 Å². The number of hydrogen-bond acceptors (Lipinski definition) is 5. The second kappa shape index (κ2) is 5.32. The van der Waals surface area contributed by atoms with Crippen LogP contribution in [-0.4, -0.2) is 29.6 Å². The number of nitrogen functional groups attached to an aromatic ring is 1. The number of nitrogens with zero attached hydrogens (tertiary/aromatic N) is 1. The molecule has 1 aliphatic heterocycles. The van der Waals surface area contributed by atoms with E-state index in [1.54, 1.807) is 12.1 Å². The molecule has 0 spiro atoms. The Labute approximate surface area is 106 Å². The number of pyridine rings is 1. The van der Waals surface area contributed by atoms with Crippen molar-refractivity contribution in [2.24, 2.45) is 5.84 Å². The van der Waals surface area contributed by atoms with Crippen LogP contribution in [0.15, 0.2) is 18.3 Å². The molecule has 18 heavy (non-hydrogen) atoms. The summed E-state index contributed by atoms with van der Waals surface area (Å²) in [4.78, 5) is 15.9. The van der Waals surface area contributed by atoms with E-state index in [0.29, 0.717) is 17.9 Å². The molecule has 1 aromatic heterocycles. The Morgan fingerprint density at radius 2 is 2.44 bits per heavy atom. The highest BCUT2D eigenvalue weighted by molar-refractivity contribution is 5.94. The third-order valence-corrected chi connectivity index (χ3v) is 3.10. The number of hydrogen-bond donors (Lipinski definition) is 3. The van der Waals surface area contributed by atoms with Gasteiger partial charge in [-0.15, -0.1) is 0 Å². The van der Waals surface area contributed by atoms with Crippen LogP contribution in [0.3, 0.4) is 0 Å². The van der Waals surface area contributed by atoms with Crippen molar-refractivity contribution in [2.75, 3.05) is 18.6 Å². The average Bonchev–Trinajstić information content (AvgIpc) is 2.83. The predicted molar refractivity (Wildman–Crippen MR) is 68.0 cm³/mol. The van der Waals surface area contributed by atoms with E-state index in [0.717, 1.165) is 19.4 Å². The molecular weight excluding hydrogens is 232 g/mol. The van der Waals surface area contributed by atoms with Crippen molar-refractivity contribution in [3.63, 3.8) is 0 Å². The Bertz CT molecular complexity index is 413. The maximum atomic E-state index is 11.9. The van der Waals surface area contributed by atoms with E-state index in [4.69, 9.17) is 10.6 Å². The molecule has 1 saturated heterocycles. The fourth-order valence-electron chi connectivity index (χ4n) is 1.96. The maximum absolute atomic E-state index is 11.9. The van der Waals surface area contributed by atoms with Gasteiger partial charge in [0, 0.05) is 19.3 Å². The van der Waals surface area contributed by atoms with E-state index in [-0.39, 0.29) is 11.5 Å². The van der Waals surface area contributed by atoms with Gasteiger partial charge in [-0.05, 0) is 31.9 Å². The van der Waals surface area contributed by atoms with Crippen molar-refractivity contribution in [3.05, 3.63) is 23.9 Å². The standard InChI is InChI=1S/C12H18N4O2/c1-12(5-2-6-18-12)8-15-11(17)9-3-4-10(16-13)14-7-9/h3-4,7H,2,5-6,8,13H2,1H3,(H,14,16)(H,15,17). The van der Waals surface area contributed by atoms with Gasteiger partial charge in [-0.1, -0.05) is 0 Å². The van der Waals surface area contributed by atoms with Crippen LogP contribution in [0.1, 0.15) is 30.1 Å². The lowest BCUT2D eigenvalue weighted by Crippen LogP contribution is -2.40. The van der Waals surface area contributed by atoms with Gasteiger partial charge in [-0.25, -0.2) is 10.8 Å². The summed E-state index contributed by atoms with van der Waals surface area (Å²) in [5.74, 6) is 5.58. The zero-order valence-electron chi connectivity index (χ0n) is 10.4. The van der Waals surface area contributed by atoms with Gasteiger partial charge in [-0.3, -0.25) is 4.79 Å². The quantitative estimate of drug-likeness (QED) is 0.540. The SMILES string of the molecule is CC1(CNC(=O)c2ccc(NN)nc2)CCCO1. The number of hydrazine groups is 1. The van der Waals surface area contributed by atoms with Crippen molar-refractivity contribution in [2.45, 2.75) is 25.4 Å². The Morgan fingerprint density at radius 1 is 1.61 bits per heavy atom. The molecular formula is C12H18N4O2. The molecule has 0 saturated carbocycles. The van der Waals surface area contributed by atoms with Crippen molar-refractivity contribution < 1.29 is 9.53 Å². The highest BCUT2D eigenvalue weighted by atomic mass is 16.5. The summed E-state index contributed by atoms with van der Waals surface area (Å²) in [6.07, 6.45) is 3.51. The molecule has 0 radical (unpaired) electrons. The van der Waals surface area contributed by atoms with Gasteiger partial charge < -0.3 is 15.5 Å². The number of carbonyl (C=O) groups is 1. The molecule has 1 fully saturated rings. The van der Waals surface area contributed by atoms with Gasteiger partial charge in [0.05, 0.1) is 11.2 Å². The van der Waals surface area contributed by atoms with E-state index in [2.05, 4.69) is 15.7 Å². The van der Waals surface area contributed by atoms with Gasteiger partial charge >= 0.3 is 0 Å². The Hall–Kier alpha value is -1.66. The third-order valence-electron chi connectivity index (χ3n) is 3.10. The lowest BCUT2D eigenvalue weighted by molar-refractivity contribution is 0.0206. The van der Waals surface area contributed by atoms with Crippen molar-refractivity contribution in [1.82, 2.24) is 10.3 Å². The summed E-state index contributed by atoms with van der Waals surface area (Å²) in [6, 6.07) is 3.33. The first kappa shape index (κ1) is 12.8. The monoisotopic (exact) mass is 250 g/mol. The van der Waals surface area contributed by atoms with E-state index in [9.17, 15) is 4.79 Å². The first-order chi connectivity index (χ1) is 8.63. The highest BCUT2D eigenvalue weighted by Gasteiger charge is 2.30. The average molecular weight is 250 g/mol. The molecule has 2 rings (SSSR count). The lowest BCUT2D eigenvalue weighted by atomic mass is 10.0. The minimum absolute atomic E-state index is 0.150. The van der Waals surface area contributed by atoms with E-state index < -0.39 is 0 Å². The molecule has 1 aromatic rings. The lowest BCUT2D eigenvalue weighted by Gasteiger charge is -2.23. The van der Waals surface area contributed by atoms with Crippen molar-refractivity contribution >= 4 is 11.7 Å². The van der Waals surface area contributed by atoms with E-state index in [1.165, 1.54) is 6.20 Å². The molecule has 0 aliphatic carbocycles. The zero-order valence-corrected chi connectivity index (χ0v) is 10.4. The Morgan fingerprint density at radius 3 is 3.00 bits per heavy atom. The molecule has 1 amide bonds. The van der Waals surface area contributed by atoms with Gasteiger partial charge in [0.1, 0.15) is 5.82 Å². The Kier molecular flexibility index (Phi) is 3.78. The summed E-state index contributed by atoms with van der Waals surface area (Å²) in [5, 5.41) is 2.86. The number of ether oxygens (including phenoxy) is 1. The van der Waals surface area contributed by atoms with Crippen molar-refractivity contribution in [1.29, 1.82) is 0 Å². The zero-order chi connectivity index (χ0) is 13.0. The summed E-state index contributed by atoms with van der Waals surface area (Å²) >= 11 is 0. The maximum Gasteiger partial charge on any atom is 0.252 e. The smallest absolute Gasteiger partial charge is 0.252 e. The first-order valence-corrected chi connectivity index (χ1v) is 5.98. The van der Waals surface area contributed by atoms with Gasteiger partial charge in [0.15, 0.2) is 0 Å². The van der Waals surface area contributed by atoms with Crippen LogP contribution in [0.25, 0.3) is 0 Å². The second-order valence-corrected chi connectivity index (χ2v) is 4.66. The number of amides is 1. The number of anilines is 1. The largest absolute Gasteiger partial charge is 0.373 e. The molecule has 1 atom stereocenters. The first-order valence-electron chi connectivity index (χ1n) is 5.98. The molecule has 0 bridgehead atoms. The number of rotatable bonds is 4. The van der Waals surface area contributed by atoms with Crippen LogP contribution < -0.4 is 16.6 Å². The summed E-state index contributed by atoms with van der Waals surface area (Å²) in [6.45, 7) is 3.30. The van der Waals surface area contributed by atoms with Crippen LogP contribution in [0.2, 0.25) is 0 Å². The minimum Gasteiger partial charge on any atom is -0.373 e. The number of carbonyl (C=O) groups excluding carboxylic acids is 1. The predicted octanol–water partition coefficient (Wildman–Crippen LogP) is 0.666. The molecule has 6 heteroatoms. The van der Waals surface area contributed by atoms with E-state index >= 15 is 0 Å². The molecule has 0 aromatic carbocycles. The summed E-state index contributed by atoms with van der Waals surface area (Å²) in [5.41, 5.74) is 2.69. The third kappa shape index (κ3) is 2.96. The van der Waals surface area contributed by atoms with Gasteiger partial charge in [-0.2, -0.15) is 0 Å². The van der Waals surface area contributed by atoms with Gasteiger partial charge in [0.2, 0.25) is 0 Å². The normalized spacial score (nSPS) is 22.8. The fourth-order valence-corrected chi connectivity index (χ4v) is 1.96. The summed E-state index contributed by atoms with van der Waals surface area (Å²) < 4.78 is 5.61. The molecule has 1 aliphatic rings. The van der Waals surface area contributed by atoms with Crippen LogP contribution in [0, 0.1) is 0 Å². The van der Waals surface area contributed by atoms with Gasteiger partial charge in [0.25, 0.3) is 5.91 Å². The number of nitrogens with one attached hydrogen (secondary N) is 2. The Balaban J connectivity index is 1.90. The highest BCUT2D eigenvalue weighted by Crippen LogP contribution is 2.23. The summed E-state index contributed by atoms with van der Waals surface area (Å²) in [7, 11) is 0. The molecule has 4 N–H and O–H groups in total. The van der Waals surface area contributed by atoms with E-state index in [1.807, 2.05) is 6.92 Å². The van der Waals surface area contributed by atoms with Crippen LogP contribution in [0.4, 0.5) is 5.82 Å². The fraction of sp³-hybridized carbons (Fsp3) is 0.500. The second-order valence-electron chi connectivity index (χ2n) is 4.66. The molecule has 2 heterocycles.